The molecule has 1 N–H and O–H groups in total. The fourth-order valence-electron chi connectivity index (χ4n) is 3.47. The van der Waals surface area contributed by atoms with Crippen LogP contribution >= 0.6 is 0 Å². The summed E-state index contributed by atoms with van der Waals surface area (Å²) in [6, 6.07) is 10.6. The van der Waals surface area contributed by atoms with Crippen molar-refractivity contribution < 1.29 is 18.8 Å². The Morgan fingerprint density at radius 3 is 2.61 bits per heavy atom. The standard InChI is InChI=1S/C22H22N4O5/c1-4-26(21(27)11-16-13-7-5-6-8-17(13)31-25-16)12-20-23-15-10-19(30-3)18(29-2)9-14(15)22(28)24-20/h5-10H,4,11-12H2,1-3H3,(H,23,24,28). The molecule has 0 unspecified atom stereocenters. The van der Waals surface area contributed by atoms with Crippen LogP contribution in [0, 0.1) is 0 Å². The number of nitrogens with one attached hydrogen (secondary N) is 1. The van der Waals surface area contributed by atoms with Crippen LogP contribution < -0.4 is 15.0 Å². The monoisotopic (exact) mass is 422 g/mol. The highest BCUT2D eigenvalue weighted by molar-refractivity contribution is 5.86. The first-order chi connectivity index (χ1) is 15.0. The lowest BCUT2D eigenvalue weighted by atomic mass is 10.1. The van der Waals surface area contributed by atoms with E-state index in [4.69, 9.17) is 14.0 Å². The van der Waals surface area contributed by atoms with Crippen molar-refractivity contribution in [1.29, 1.82) is 0 Å². The van der Waals surface area contributed by atoms with Crippen LogP contribution in [0.4, 0.5) is 0 Å². The van der Waals surface area contributed by atoms with Gasteiger partial charge in [0.25, 0.3) is 5.56 Å². The first-order valence-electron chi connectivity index (χ1n) is 9.80. The number of para-hydroxylation sites is 1. The Morgan fingerprint density at radius 2 is 1.87 bits per heavy atom. The Bertz CT molecular complexity index is 1310. The van der Waals surface area contributed by atoms with Crippen LogP contribution in [0.15, 0.2) is 45.7 Å². The summed E-state index contributed by atoms with van der Waals surface area (Å²) in [5.41, 5.74) is 1.36. The molecule has 9 heteroatoms. The molecule has 0 saturated carbocycles. The summed E-state index contributed by atoms with van der Waals surface area (Å²) >= 11 is 0. The predicted molar refractivity (Wildman–Crippen MR) is 114 cm³/mol. The number of nitrogens with zero attached hydrogens (tertiary/aromatic N) is 3. The zero-order chi connectivity index (χ0) is 22.0. The third kappa shape index (κ3) is 3.94. The van der Waals surface area contributed by atoms with Crippen molar-refractivity contribution in [3.63, 3.8) is 0 Å². The maximum absolute atomic E-state index is 12.9. The van der Waals surface area contributed by atoms with Gasteiger partial charge in [-0.2, -0.15) is 0 Å². The highest BCUT2D eigenvalue weighted by Crippen LogP contribution is 2.30. The van der Waals surface area contributed by atoms with E-state index < -0.39 is 0 Å². The third-order valence-corrected chi connectivity index (χ3v) is 5.11. The van der Waals surface area contributed by atoms with Gasteiger partial charge in [0.05, 0.1) is 38.1 Å². The molecular formula is C22H22N4O5. The second-order valence-corrected chi connectivity index (χ2v) is 6.95. The van der Waals surface area contributed by atoms with E-state index in [0.29, 0.717) is 46.0 Å². The summed E-state index contributed by atoms with van der Waals surface area (Å²) in [6.07, 6.45) is 0.0910. The number of benzene rings is 2. The van der Waals surface area contributed by atoms with E-state index in [1.807, 2.05) is 25.1 Å². The average Bonchev–Trinajstić information content (AvgIpc) is 3.19. The van der Waals surface area contributed by atoms with Crippen molar-refractivity contribution in [2.75, 3.05) is 20.8 Å². The Morgan fingerprint density at radius 1 is 1.13 bits per heavy atom. The molecule has 9 nitrogen and oxygen atoms in total. The number of hydrogen-bond acceptors (Lipinski definition) is 7. The summed E-state index contributed by atoms with van der Waals surface area (Å²) in [6.45, 7) is 2.47. The van der Waals surface area contributed by atoms with Crippen LogP contribution in [0.25, 0.3) is 21.9 Å². The fourth-order valence-corrected chi connectivity index (χ4v) is 3.47. The van der Waals surface area contributed by atoms with E-state index in [9.17, 15) is 9.59 Å². The van der Waals surface area contributed by atoms with E-state index in [0.717, 1.165) is 5.39 Å². The Hall–Kier alpha value is -3.88. The molecule has 0 radical (unpaired) electrons. The Labute approximate surface area is 177 Å². The van der Waals surface area contributed by atoms with Gasteiger partial charge in [0.15, 0.2) is 17.1 Å². The number of carbonyl (C=O) groups excluding carboxylic acids is 1. The van der Waals surface area contributed by atoms with E-state index in [1.54, 1.807) is 23.1 Å². The number of fused-ring (bicyclic) bond motifs is 2. The van der Waals surface area contributed by atoms with Gasteiger partial charge in [-0.25, -0.2) is 4.98 Å². The third-order valence-electron chi connectivity index (χ3n) is 5.11. The average molecular weight is 422 g/mol. The lowest BCUT2D eigenvalue weighted by molar-refractivity contribution is -0.131. The van der Waals surface area contributed by atoms with Crippen LogP contribution in [-0.4, -0.2) is 46.7 Å². The molecule has 2 heterocycles. The largest absolute Gasteiger partial charge is 0.493 e. The minimum atomic E-state index is -0.313. The quantitative estimate of drug-likeness (QED) is 0.487. The molecule has 2 aromatic carbocycles. The van der Waals surface area contributed by atoms with Crippen molar-refractivity contribution in [3.8, 4) is 11.5 Å². The van der Waals surface area contributed by atoms with Crippen LogP contribution in [-0.2, 0) is 17.8 Å². The number of carbonyl (C=O) groups is 1. The van der Waals surface area contributed by atoms with Crippen LogP contribution in [0.1, 0.15) is 18.4 Å². The molecule has 0 aliphatic rings. The number of amides is 1. The van der Waals surface area contributed by atoms with Crippen molar-refractivity contribution >= 4 is 27.8 Å². The summed E-state index contributed by atoms with van der Waals surface area (Å²) in [4.78, 5) is 34.4. The lowest BCUT2D eigenvalue weighted by Gasteiger charge is -2.20. The molecular weight excluding hydrogens is 400 g/mol. The van der Waals surface area contributed by atoms with Crippen molar-refractivity contribution in [3.05, 3.63) is 58.3 Å². The molecule has 0 bridgehead atoms. The normalized spacial score (nSPS) is 11.1. The van der Waals surface area contributed by atoms with Crippen molar-refractivity contribution in [2.45, 2.75) is 19.9 Å². The number of methoxy groups -OCH3 is 2. The molecule has 0 saturated heterocycles. The molecule has 2 aromatic heterocycles. The SMILES string of the molecule is CCN(Cc1nc2cc(OC)c(OC)cc2c(=O)[nH]1)C(=O)Cc1noc2ccccc12. The van der Waals surface area contributed by atoms with Gasteiger partial charge in [-0.3, -0.25) is 9.59 Å². The molecule has 0 atom stereocenters. The number of H-pyrrole nitrogens is 1. The molecule has 0 spiro atoms. The van der Waals surface area contributed by atoms with E-state index in [2.05, 4.69) is 15.1 Å². The molecule has 160 valence electrons. The maximum Gasteiger partial charge on any atom is 0.258 e. The van der Waals surface area contributed by atoms with Gasteiger partial charge in [0, 0.05) is 18.0 Å². The van der Waals surface area contributed by atoms with Crippen LogP contribution in [0.2, 0.25) is 0 Å². The number of aromatic nitrogens is 3. The smallest absolute Gasteiger partial charge is 0.258 e. The highest BCUT2D eigenvalue weighted by Gasteiger charge is 2.19. The van der Waals surface area contributed by atoms with Crippen molar-refractivity contribution in [1.82, 2.24) is 20.0 Å². The van der Waals surface area contributed by atoms with Crippen LogP contribution in [0.3, 0.4) is 0 Å². The number of hydrogen-bond donors (Lipinski definition) is 1. The maximum atomic E-state index is 12.9. The molecule has 4 rings (SSSR count). The number of aromatic amines is 1. The minimum Gasteiger partial charge on any atom is -0.493 e. The first kappa shape index (κ1) is 20.4. The van der Waals surface area contributed by atoms with Crippen molar-refractivity contribution in [2.24, 2.45) is 0 Å². The van der Waals surface area contributed by atoms with Gasteiger partial charge in [-0.15, -0.1) is 0 Å². The summed E-state index contributed by atoms with van der Waals surface area (Å²) in [7, 11) is 3.02. The lowest BCUT2D eigenvalue weighted by Crippen LogP contribution is -2.33. The van der Waals surface area contributed by atoms with Gasteiger partial charge in [0.2, 0.25) is 5.91 Å². The molecule has 1 amide bonds. The summed E-state index contributed by atoms with van der Waals surface area (Å²) in [5.74, 6) is 1.15. The highest BCUT2D eigenvalue weighted by atomic mass is 16.5. The summed E-state index contributed by atoms with van der Waals surface area (Å²) < 4.78 is 15.8. The van der Waals surface area contributed by atoms with E-state index in [-0.39, 0.29) is 24.4 Å². The number of likely N-dealkylation sites (N-methyl/N-ethyl adjacent to an activating group) is 1. The second-order valence-electron chi connectivity index (χ2n) is 6.95. The Kier molecular flexibility index (Phi) is 5.57. The molecule has 0 aliphatic carbocycles. The first-order valence-corrected chi connectivity index (χ1v) is 9.80. The van der Waals surface area contributed by atoms with Crippen LogP contribution in [0.5, 0.6) is 11.5 Å². The Balaban J connectivity index is 1.60. The van der Waals surface area contributed by atoms with E-state index in [1.165, 1.54) is 14.2 Å². The topological polar surface area (TPSA) is 111 Å². The summed E-state index contributed by atoms with van der Waals surface area (Å²) in [5, 5.41) is 5.22. The van der Waals surface area contributed by atoms with Gasteiger partial charge < -0.3 is 23.9 Å². The van der Waals surface area contributed by atoms with Gasteiger partial charge in [0.1, 0.15) is 11.5 Å². The molecule has 0 aliphatic heterocycles. The zero-order valence-electron chi connectivity index (χ0n) is 17.5. The molecule has 0 fully saturated rings. The van der Waals surface area contributed by atoms with Gasteiger partial charge >= 0.3 is 0 Å². The molecule has 31 heavy (non-hydrogen) atoms. The second kappa shape index (κ2) is 8.47. The zero-order valence-corrected chi connectivity index (χ0v) is 17.5. The van der Waals surface area contributed by atoms with E-state index >= 15 is 0 Å². The number of ether oxygens (including phenoxy) is 2. The number of rotatable bonds is 7. The van der Waals surface area contributed by atoms with Gasteiger partial charge in [-0.1, -0.05) is 17.3 Å². The predicted octanol–water partition coefficient (Wildman–Crippen LogP) is 2.67. The molecule has 4 aromatic rings. The minimum absolute atomic E-state index is 0.0910. The van der Waals surface area contributed by atoms with Gasteiger partial charge in [-0.05, 0) is 25.1 Å². The fraction of sp³-hybridized carbons (Fsp3) is 0.273.